The first-order valence-corrected chi connectivity index (χ1v) is 10.3. The van der Waals surface area contributed by atoms with Gasteiger partial charge in [-0.3, -0.25) is 0 Å². The molecule has 3 N–H and O–H groups in total. The Kier molecular flexibility index (Phi) is 8.43. The first-order valence-electron chi connectivity index (χ1n) is 10.3. The van der Waals surface area contributed by atoms with Crippen LogP contribution in [0.25, 0.3) is 0 Å². The summed E-state index contributed by atoms with van der Waals surface area (Å²) in [6.45, 7) is 10.7. The van der Waals surface area contributed by atoms with Gasteiger partial charge in [-0.15, -0.1) is 0 Å². The number of rotatable bonds is 7. The summed E-state index contributed by atoms with van der Waals surface area (Å²) in [5.41, 5.74) is 0.152. The van der Waals surface area contributed by atoms with Gasteiger partial charge in [-0.25, -0.2) is 9.18 Å². The van der Waals surface area contributed by atoms with Crippen LogP contribution in [0, 0.1) is 11.7 Å². The Morgan fingerprint density at radius 2 is 1.97 bits per heavy atom. The Balaban J connectivity index is 1.90. The molecule has 0 aliphatic carbocycles. The second kappa shape index (κ2) is 10.4. The molecular weight excluding hydrogens is 375 g/mol. The van der Waals surface area contributed by atoms with E-state index in [1.165, 1.54) is 12.1 Å². The molecule has 1 aromatic carbocycles. The van der Waals surface area contributed by atoms with Gasteiger partial charge in [0.25, 0.3) is 0 Å². The Bertz CT molecular complexity index is 647. The number of carbonyl (C=O) groups is 1. The fourth-order valence-corrected chi connectivity index (χ4v) is 3.65. The van der Waals surface area contributed by atoms with E-state index in [9.17, 15) is 14.3 Å². The number of aliphatic hydroxyl groups excluding tert-OH is 1. The third-order valence-electron chi connectivity index (χ3n) is 5.12. The fourth-order valence-electron chi connectivity index (χ4n) is 3.65. The van der Waals surface area contributed by atoms with Crippen LogP contribution in [0.1, 0.15) is 59.1 Å². The average molecular weight is 411 g/mol. The molecule has 5 atom stereocenters. The number of nitrogens with one attached hydrogen (secondary N) is 2. The molecule has 0 unspecified atom stereocenters. The highest BCUT2D eigenvalue weighted by atomic mass is 19.1. The highest BCUT2D eigenvalue weighted by Crippen LogP contribution is 2.23. The summed E-state index contributed by atoms with van der Waals surface area (Å²) < 4.78 is 24.1. The molecule has 1 saturated heterocycles. The Hall–Kier alpha value is -1.70. The van der Waals surface area contributed by atoms with Crippen molar-refractivity contribution in [2.75, 3.05) is 13.2 Å². The van der Waals surface area contributed by atoms with Crippen molar-refractivity contribution in [2.24, 2.45) is 5.92 Å². The number of hydrogen-bond donors (Lipinski definition) is 3. The van der Waals surface area contributed by atoms with Crippen molar-refractivity contribution in [3.05, 3.63) is 35.6 Å². The zero-order valence-electron chi connectivity index (χ0n) is 18.1. The molecule has 1 aliphatic rings. The summed E-state index contributed by atoms with van der Waals surface area (Å²) in [5, 5.41) is 16.9. The van der Waals surface area contributed by atoms with Crippen molar-refractivity contribution in [3.63, 3.8) is 0 Å². The minimum absolute atomic E-state index is 0.0365. The van der Waals surface area contributed by atoms with Gasteiger partial charge in [-0.2, -0.15) is 0 Å². The van der Waals surface area contributed by atoms with Crippen LogP contribution in [0.3, 0.4) is 0 Å². The highest BCUT2D eigenvalue weighted by Gasteiger charge is 2.33. The first kappa shape index (κ1) is 23.6. The molecule has 2 rings (SSSR count). The van der Waals surface area contributed by atoms with Gasteiger partial charge in [0.2, 0.25) is 0 Å². The lowest BCUT2D eigenvalue weighted by Crippen LogP contribution is -2.54. The molecule has 1 aromatic rings. The largest absolute Gasteiger partial charge is 0.444 e. The van der Waals surface area contributed by atoms with Crippen molar-refractivity contribution in [1.29, 1.82) is 0 Å². The number of hydrogen-bond acceptors (Lipinski definition) is 5. The quantitative estimate of drug-likeness (QED) is 0.641. The summed E-state index contributed by atoms with van der Waals surface area (Å²) in [7, 11) is 0. The number of alkyl carbamates (subject to hydrolysis) is 1. The molecule has 1 fully saturated rings. The minimum Gasteiger partial charge on any atom is -0.444 e. The van der Waals surface area contributed by atoms with Gasteiger partial charge < -0.3 is 25.2 Å². The van der Waals surface area contributed by atoms with Crippen molar-refractivity contribution in [2.45, 2.75) is 77.3 Å². The number of aliphatic hydroxyl groups is 1. The van der Waals surface area contributed by atoms with Crippen LogP contribution >= 0.6 is 0 Å². The van der Waals surface area contributed by atoms with Crippen LogP contribution in [0.15, 0.2) is 24.3 Å². The summed E-state index contributed by atoms with van der Waals surface area (Å²) in [6, 6.07) is 5.98. The summed E-state index contributed by atoms with van der Waals surface area (Å²) >= 11 is 0. The monoisotopic (exact) mass is 410 g/mol. The SMILES string of the molecule is C[C@H](C[C@H](O)c1ccc(F)cc1)N[C@@H]1CCOC[C@@H]1[C@H](C)NC(=O)OC(C)(C)C. The van der Waals surface area contributed by atoms with E-state index >= 15 is 0 Å². The molecular formula is C22H35FN2O4. The lowest BCUT2D eigenvalue weighted by atomic mass is 9.88. The average Bonchev–Trinajstić information content (AvgIpc) is 2.60. The van der Waals surface area contributed by atoms with Gasteiger partial charge in [0.05, 0.1) is 12.7 Å². The first-order chi connectivity index (χ1) is 13.5. The maximum atomic E-state index is 13.1. The van der Waals surface area contributed by atoms with Crippen molar-refractivity contribution in [3.8, 4) is 0 Å². The fraction of sp³-hybridized carbons (Fsp3) is 0.682. The molecule has 164 valence electrons. The van der Waals surface area contributed by atoms with Crippen molar-refractivity contribution < 1.29 is 23.8 Å². The molecule has 29 heavy (non-hydrogen) atoms. The standard InChI is InChI=1S/C22H35FN2O4/c1-14(12-20(26)16-6-8-17(23)9-7-16)24-19-10-11-28-13-18(19)15(2)25-21(27)29-22(3,4)5/h6-9,14-15,18-20,24,26H,10-13H2,1-5H3,(H,25,27)/t14-,15+,18-,19-,20+/m1/s1. The summed E-state index contributed by atoms with van der Waals surface area (Å²) in [5.74, 6) is -0.231. The number of carbonyl (C=O) groups excluding carboxylic acids is 1. The Morgan fingerprint density at radius 3 is 2.59 bits per heavy atom. The van der Waals surface area contributed by atoms with Crippen molar-refractivity contribution in [1.82, 2.24) is 10.6 Å². The van der Waals surface area contributed by atoms with Crippen LogP contribution in [0.2, 0.25) is 0 Å². The van der Waals surface area contributed by atoms with Gasteiger partial charge >= 0.3 is 6.09 Å². The third kappa shape index (κ3) is 7.91. The molecule has 0 bridgehead atoms. The second-order valence-electron chi connectivity index (χ2n) is 8.94. The topological polar surface area (TPSA) is 79.8 Å². The lowest BCUT2D eigenvalue weighted by Gasteiger charge is -2.38. The Labute approximate surface area is 173 Å². The van der Waals surface area contributed by atoms with E-state index in [-0.39, 0.29) is 29.9 Å². The molecule has 1 amide bonds. The van der Waals surface area contributed by atoms with E-state index in [0.717, 1.165) is 6.42 Å². The predicted octanol–water partition coefficient (Wildman–Crippen LogP) is 3.55. The minimum atomic E-state index is -0.672. The van der Waals surface area contributed by atoms with E-state index in [4.69, 9.17) is 9.47 Å². The lowest BCUT2D eigenvalue weighted by molar-refractivity contribution is 0.00900. The van der Waals surface area contributed by atoms with E-state index in [1.807, 2.05) is 34.6 Å². The van der Waals surface area contributed by atoms with Gasteiger partial charge in [-0.05, 0) is 65.2 Å². The van der Waals surface area contributed by atoms with Crippen LogP contribution in [-0.4, -0.2) is 48.1 Å². The number of halogens is 1. The molecule has 7 heteroatoms. The maximum absolute atomic E-state index is 13.1. The molecule has 0 saturated carbocycles. The van der Waals surface area contributed by atoms with Gasteiger partial charge in [-0.1, -0.05) is 12.1 Å². The van der Waals surface area contributed by atoms with Crippen LogP contribution in [0.4, 0.5) is 9.18 Å². The van der Waals surface area contributed by atoms with E-state index in [1.54, 1.807) is 12.1 Å². The highest BCUT2D eigenvalue weighted by molar-refractivity contribution is 5.68. The smallest absolute Gasteiger partial charge is 0.407 e. The number of benzene rings is 1. The van der Waals surface area contributed by atoms with Gasteiger partial charge in [0.15, 0.2) is 0 Å². The zero-order valence-corrected chi connectivity index (χ0v) is 18.1. The second-order valence-corrected chi connectivity index (χ2v) is 8.94. The molecule has 1 aliphatic heterocycles. The van der Waals surface area contributed by atoms with Crippen LogP contribution in [0.5, 0.6) is 0 Å². The van der Waals surface area contributed by atoms with E-state index in [0.29, 0.717) is 25.2 Å². The normalized spacial score (nSPS) is 23.1. The molecule has 0 radical (unpaired) electrons. The maximum Gasteiger partial charge on any atom is 0.407 e. The Morgan fingerprint density at radius 1 is 1.31 bits per heavy atom. The summed E-state index contributed by atoms with van der Waals surface area (Å²) in [4.78, 5) is 12.1. The van der Waals surface area contributed by atoms with E-state index in [2.05, 4.69) is 10.6 Å². The van der Waals surface area contributed by atoms with Gasteiger partial charge in [0, 0.05) is 30.7 Å². The van der Waals surface area contributed by atoms with Crippen LogP contribution < -0.4 is 10.6 Å². The van der Waals surface area contributed by atoms with Gasteiger partial charge in [0.1, 0.15) is 11.4 Å². The number of amides is 1. The van der Waals surface area contributed by atoms with Crippen molar-refractivity contribution >= 4 is 6.09 Å². The van der Waals surface area contributed by atoms with E-state index < -0.39 is 17.8 Å². The molecule has 0 spiro atoms. The number of ether oxygens (including phenoxy) is 2. The molecule has 6 nitrogen and oxygen atoms in total. The predicted molar refractivity (Wildman–Crippen MR) is 110 cm³/mol. The summed E-state index contributed by atoms with van der Waals surface area (Å²) in [6.07, 6.45) is 0.216. The zero-order chi connectivity index (χ0) is 21.6. The third-order valence-corrected chi connectivity index (χ3v) is 5.12. The molecule has 1 heterocycles. The van der Waals surface area contributed by atoms with Crippen LogP contribution in [-0.2, 0) is 9.47 Å². The molecule has 0 aromatic heterocycles.